The number of aryl methyl sites for hydroxylation is 2. The Morgan fingerprint density at radius 3 is 2.50 bits per heavy atom. The summed E-state index contributed by atoms with van der Waals surface area (Å²) in [5.41, 5.74) is 2.67. The smallest absolute Gasteiger partial charge is 0.309 e. The van der Waals surface area contributed by atoms with Gasteiger partial charge in [0.15, 0.2) is 0 Å². The second-order valence-corrected chi connectivity index (χ2v) is 5.96. The van der Waals surface area contributed by atoms with Gasteiger partial charge >= 0.3 is 5.97 Å². The maximum Gasteiger partial charge on any atom is 0.309 e. The van der Waals surface area contributed by atoms with Crippen molar-refractivity contribution in [2.75, 3.05) is 6.61 Å². The topological polar surface area (TPSA) is 61.6 Å². The van der Waals surface area contributed by atoms with Crippen molar-refractivity contribution in [1.82, 2.24) is 4.98 Å². The molecule has 3 rings (SSSR count). The Hall–Kier alpha value is -3.08. The Balaban J connectivity index is 1.47. The van der Waals surface area contributed by atoms with Gasteiger partial charge in [0.2, 0.25) is 5.89 Å². The van der Waals surface area contributed by atoms with Crippen LogP contribution in [0.5, 0.6) is 5.75 Å². The fourth-order valence-corrected chi connectivity index (χ4v) is 2.37. The zero-order valence-electron chi connectivity index (χ0n) is 14.9. The number of oxazole rings is 1. The number of esters is 1. The van der Waals surface area contributed by atoms with E-state index in [0.29, 0.717) is 17.3 Å². The van der Waals surface area contributed by atoms with Crippen LogP contribution in [0.1, 0.15) is 23.4 Å². The summed E-state index contributed by atoms with van der Waals surface area (Å²) in [5, 5.41) is 0. The third-order valence-corrected chi connectivity index (χ3v) is 3.88. The van der Waals surface area contributed by atoms with Crippen molar-refractivity contribution in [2.45, 2.75) is 26.9 Å². The van der Waals surface area contributed by atoms with E-state index in [-0.39, 0.29) is 25.6 Å². The summed E-state index contributed by atoms with van der Waals surface area (Å²) in [6.45, 7) is 4.18. The molecule has 3 aromatic rings. The number of carbonyl (C=O) groups excluding carboxylic acids is 1. The molecule has 0 saturated carbocycles. The Morgan fingerprint density at radius 1 is 1.04 bits per heavy atom. The van der Waals surface area contributed by atoms with Gasteiger partial charge in [0, 0.05) is 5.56 Å². The molecule has 134 valence electrons. The molecule has 0 radical (unpaired) electrons. The molecule has 0 bridgehead atoms. The van der Waals surface area contributed by atoms with E-state index >= 15 is 0 Å². The van der Waals surface area contributed by atoms with E-state index in [9.17, 15) is 4.79 Å². The molecule has 1 aromatic heterocycles. The molecule has 5 nitrogen and oxygen atoms in total. The van der Waals surface area contributed by atoms with Crippen LogP contribution in [0.15, 0.2) is 59.0 Å². The van der Waals surface area contributed by atoms with Crippen molar-refractivity contribution in [1.29, 1.82) is 0 Å². The molecule has 0 fully saturated rings. The monoisotopic (exact) mass is 351 g/mol. The molecule has 1 heterocycles. The molecule has 5 heteroatoms. The Bertz CT molecular complexity index is 853. The first-order valence-corrected chi connectivity index (χ1v) is 8.48. The average molecular weight is 351 g/mol. The van der Waals surface area contributed by atoms with E-state index in [2.05, 4.69) is 4.98 Å². The van der Waals surface area contributed by atoms with Crippen molar-refractivity contribution in [3.63, 3.8) is 0 Å². The molecule has 0 amide bonds. The summed E-state index contributed by atoms with van der Waals surface area (Å²) < 4.78 is 16.5. The normalized spacial score (nSPS) is 10.5. The van der Waals surface area contributed by atoms with Gasteiger partial charge in [0.25, 0.3) is 0 Å². The second kappa shape index (κ2) is 8.34. The number of carbonyl (C=O) groups is 1. The second-order valence-electron chi connectivity index (χ2n) is 5.96. The molecular formula is C21H21NO4. The molecule has 0 unspecified atom stereocenters. The predicted molar refractivity (Wildman–Crippen MR) is 97.8 cm³/mol. The van der Waals surface area contributed by atoms with Gasteiger partial charge < -0.3 is 13.9 Å². The number of nitrogens with zero attached hydrogens (tertiary/aromatic N) is 1. The molecule has 26 heavy (non-hydrogen) atoms. The molecule has 0 atom stereocenters. The lowest BCUT2D eigenvalue weighted by Crippen LogP contribution is -2.10. The summed E-state index contributed by atoms with van der Waals surface area (Å²) in [6.07, 6.45) is 0.177. The molecule has 0 saturated heterocycles. The summed E-state index contributed by atoms with van der Waals surface area (Å²) in [5.74, 6) is 1.58. The van der Waals surface area contributed by atoms with E-state index < -0.39 is 0 Å². The number of hydrogen-bond acceptors (Lipinski definition) is 5. The quantitative estimate of drug-likeness (QED) is 0.588. The average Bonchev–Trinajstić information content (AvgIpc) is 3.03. The molecule has 0 aliphatic carbocycles. The van der Waals surface area contributed by atoms with Gasteiger partial charge in [-0.1, -0.05) is 35.9 Å². The number of benzene rings is 2. The molecule has 0 N–H and O–H groups in total. The van der Waals surface area contributed by atoms with Crippen molar-refractivity contribution in [2.24, 2.45) is 0 Å². The standard InChI is InChI=1S/C21H21NO4/c1-15-8-10-18(11-9-15)24-13-12-20(23)25-14-19-16(2)26-21(22-19)17-6-4-3-5-7-17/h3-11H,12-14H2,1-2H3. The van der Waals surface area contributed by atoms with E-state index in [1.165, 1.54) is 0 Å². The largest absolute Gasteiger partial charge is 0.493 e. The van der Waals surface area contributed by atoms with Crippen LogP contribution in [0.3, 0.4) is 0 Å². The van der Waals surface area contributed by atoms with Crippen LogP contribution in [-0.2, 0) is 16.1 Å². The fourth-order valence-electron chi connectivity index (χ4n) is 2.37. The maximum absolute atomic E-state index is 11.9. The highest BCUT2D eigenvalue weighted by molar-refractivity contribution is 5.69. The van der Waals surface area contributed by atoms with Crippen LogP contribution >= 0.6 is 0 Å². The first-order chi connectivity index (χ1) is 12.6. The van der Waals surface area contributed by atoms with Crippen molar-refractivity contribution < 1.29 is 18.7 Å². The molecule has 0 aliphatic rings. The van der Waals surface area contributed by atoms with Crippen LogP contribution < -0.4 is 4.74 Å². The lowest BCUT2D eigenvalue weighted by Gasteiger charge is -2.06. The van der Waals surface area contributed by atoms with Gasteiger partial charge in [-0.2, -0.15) is 0 Å². The fraction of sp³-hybridized carbons (Fsp3) is 0.238. The minimum absolute atomic E-state index is 0.0888. The van der Waals surface area contributed by atoms with E-state index in [4.69, 9.17) is 13.9 Å². The lowest BCUT2D eigenvalue weighted by molar-refractivity contribution is -0.145. The summed E-state index contributed by atoms with van der Waals surface area (Å²) in [6, 6.07) is 17.3. The van der Waals surface area contributed by atoms with Gasteiger partial charge in [-0.15, -0.1) is 0 Å². The van der Waals surface area contributed by atoms with Crippen LogP contribution in [0.25, 0.3) is 11.5 Å². The van der Waals surface area contributed by atoms with Crippen LogP contribution in [0.4, 0.5) is 0 Å². The van der Waals surface area contributed by atoms with Gasteiger partial charge in [-0.05, 0) is 38.1 Å². The zero-order chi connectivity index (χ0) is 18.4. The van der Waals surface area contributed by atoms with Gasteiger partial charge in [0.1, 0.15) is 23.8 Å². The first-order valence-electron chi connectivity index (χ1n) is 8.48. The molecule has 0 spiro atoms. The maximum atomic E-state index is 11.9. The summed E-state index contributed by atoms with van der Waals surface area (Å²) in [7, 11) is 0. The minimum Gasteiger partial charge on any atom is -0.493 e. The first kappa shape index (κ1) is 17.7. The Morgan fingerprint density at radius 2 is 1.77 bits per heavy atom. The lowest BCUT2D eigenvalue weighted by atomic mass is 10.2. The molecule has 2 aromatic carbocycles. The third-order valence-electron chi connectivity index (χ3n) is 3.88. The summed E-state index contributed by atoms with van der Waals surface area (Å²) >= 11 is 0. The Labute approximate surface area is 152 Å². The Kier molecular flexibility index (Phi) is 5.69. The van der Waals surface area contributed by atoms with Crippen LogP contribution in [0, 0.1) is 13.8 Å². The number of rotatable bonds is 7. The predicted octanol–water partition coefficient (Wildman–Crippen LogP) is 4.47. The van der Waals surface area contributed by atoms with E-state index in [1.807, 2.05) is 68.4 Å². The van der Waals surface area contributed by atoms with Gasteiger partial charge in [-0.3, -0.25) is 4.79 Å². The van der Waals surface area contributed by atoms with Crippen LogP contribution in [-0.4, -0.2) is 17.6 Å². The zero-order valence-corrected chi connectivity index (χ0v) is 14.9. The van der Waals surface area contributed by atoms with Gasteiger partial charge in [-0.25, -0.2) is 4.98 Å². The van der Waals surface area contributed by atoms with Crippen molar-refractivity contribution >= 4 is 5.97 Å². The number of aromatic nitrogens is 1. The van der Waals surface area contributed by atoms with Crippen LogP contribution in [0.2, 0.25) is 0 Å². The molecular weight excluding hydrogens is 330 g/mol. The van der Waals surface area contributed by atoms with E-state index in [1.54, 1.807) is 0 Å². The number of hydrogen-bond donors (Lipinski definition) is 0. The van der Waals surface area contributed by atoms with Gasteiger partial charge in [0.05, 0.1) is 13.0 Å². The number of ether oxygens (including phenoxy) is 2. The highest BCUT2D eigenvalue weighted by Gasteiger charge is 2.13. The summed E-state index contributed by atoms with van der Waals surface area (Å²) in [4.78, 5) is 16.3. The highest BCUT2D eigenvalue weighted by Crippen LogP contribution is 2.21. The SMILES string of the molecule is Cc1ccc(OCCC(=O)OCc2nc(-c3ccccc3)oc2C)cc1. The highest BCUT2D eigenvalue weighted by atomic mass is 16.5. The van der Waals surface area contributed by atoms with Crippen molar-refractivity contribution in [3.05, 3.63) is 71.6 Å². The van der Waals surface area contributed by atoms with Crippen molar-refractivity contribution in [3.8, 4) is 17.2 Å². The minimum atomic E-state index is -0.333. The molecule has 0 aliphatic heterocycles. The third kappa shape index (κ3) is 4.72. The van der Waals surface area contributed by atoms with E-state index in [0.717, 1.165) is 16.9 Å².